The van der Waals surface area contributed by atoms with E-state index in [0.717, 1.165) is 11.3 Å². The molecule has 0 spiro atoms. The second kappa shape index (κ2) is 4.57. The van der Waals surface area contributed by atoms with Crippen LogP contribution in [0.4, 0.5) is 0 Å². The lowest BCUT2D eigenvalue weighted by molar-refractivity contribution is -0.118. The number of nitrogens with one attached hydrogen (secondary N) is 1. The molecule has 0 aliphatic carbocycles. The molecule has 1 aliphatic rings. The van der Waals surface area contributed by atoms with Gasteiger partial charge in [-0.15, -0.1) is 0 Å². The molecule has 2 heterocycles. The lowest BCUT2D eigenvalue weighted by atomic mass is 10.0. The van der Waals surface area contributed by atoms with Gasteiger partial charge in [-0.2, -0.15) is 4.98 Å². The predicted octanol–water partition coefficient (Wildman–Crippen LogP) is 0.364. The van der Waals surface area contributed by atoms with Crippen LogP contribution in [0.1, 0.15) is 30.3 Å². The number of aromatic amines is 1. The molecule has 0 bridgehead atoms. The number of nitrogens with zero attached hydrogens (tertiary/aromatic N) is 1. The minimum atomic E-state index is -0.375. The third-order valence-corrected chi connectivity index (χ3v) is 2.71. The van der Waals surface area contributed by atoms with Gasteiger partial charge in [-0.1, -0.05) is 6.92 Å². The molecule has 1 aromatic heterocycles. The third kappa shape index (κ3) is 2.19. The fourth-order valence-electron chi connectivity index (χ4n) is 1.79. The van der Waals surface area contributed by atoms with Crippen LogP contribution in [0.15, 0.2) is 4.79 Å². The maximum atomic E-state index is 11.4. The van der Waals surface area contributed by atoms with Crippen molar-refractivity contribution in [3.63, 3.8) is 0 Å². The fourth-order valence-corrected chi connectivity index (χ4v) is 1.79. The molecule has 2 rings (SSSR count). The normalized spacial score (nSPS) is 14.6. The van der Waals surface area contributed by atoms with Crippen molar-refractivity contribution < 1.29 is 9.53 Å². The van der Waals surface area contributed by atoms with Gasteiger partial charge in [-0.25, -0.2) is 4.79 Å². The van der Waals surface area contributed by atoms with E-state index in [1.807, 2.05) is 0 Å². The van der Waals surface area contributed by atoms with E-state index < -0.39 is 0 Å². The molecular formula is C11H14N2O3. The summed E-state index contributed by atoms with van der Waals surface area (Å²) in [5.41, 5.74) is 1.95. The van der Waals surface area contributed by atoms with Gasteiger partial charge in [0.25, 0.3) is 0 Å². The maximum Gasteiger partial charge on any atom is 0.345 e. The second-order valence-electron chi connectivity index (χ2n) is 3.82. The van der Waals surface area contributed by atoms with Crippen LogP contribution >= 0.6 is 0 Å². The average molecular weight is 222 g/mol. The number of H-pyrrole nitrogens is 1. The standard InChI is InChI=1S/C11H14N2O3/c1-2-7(14)5-10-8-6-16-4-3-9(8)12-11(15)13-10/h2-6H2,1H3,(H,12,13,15). The van der Waals surface area contributed by atoms with Gasteiger partial charge in [0, 0.05) is 30.5 Å². The van der Waals surface area contributed by atoms with E-state index in [-0.39, 0.29) is 17.9 Å². The number of Topliss-reactive ketones (excluding diaryl/α,β-unsaturated/α-hetero) is 1. The quantitative estimate of drug-likeness (QED) is 0.801. The minimum absolute atomic E-state index is 0.0888. The molecular weight excluding hydrogens is 208 g/mol. The van der Waals surface area contributed by atoms with Crippen molar-refractivity contribution in [1.29, 1.82) is 0 Å². The highest BCUT2D eigenvalue weighted by Gasteiger charge is 2.17. The van der Waals surface area contributed by atoms with Gasteiger partial charge in [-0.05, 0) is 0 Å². The Kier molecular flexibility index (Phi) is 3.14. The number of carbonyl (C=O) groups excluding carboxylic acids is 1. The molecule has 0 fully saturated rings. The van der Waals surface area contributed by atoms with Crippen LogP contribution in [-0.2, 0) is 29.0 Å². The van der Waals surface area contributed by atoms with Crippen molar-refractivity contribution in [2.24, 2.45) is 0 Å². The van der Waals surface area contributed by atoms with Crippen LogP contribution < -0.4 is 5.69 Å². The number of ether oxygens (including phenoxy) is 1. The maximum absolute atomic E-state index is 11.4. The molecule has 0 radical (unpaired) electrons. The molecule has 0 unspecified atom stereocenters. The van der Waals surface area contributed by atoms with Gasteiger partial charge in [0.1, 0.15) is 5.78 Å². The predicted molar refractivity (Wildman–Crippen MR) is 57.2 cm³/mol. The average Bonchev–Trinajstić information content (AvgIpc) is 2.28. The van der Waals surface area contributed by atoms with Crippen molar-refractivity contribution in [1.82, 2.24) is 9.97 Å². The molecule has 1 N–H and O–H groups in total. The van der Waals surface area contributed by atoms with E-state index >= 15 is 0 Å². The second-order valence-corrected chi connectivity index (χ2v) is 3.82. The van der Waals surface area contributed by atoms with E-state index in [4.69, 9.17) is 4.74 Å². The lowest BCUT2D eigenvalue weighted by Crippen LogP contribution is -2.24. The number of carbonyl (C=O) groups is 1. The molecule has 0 aromatic carbocycles. The Balaban J connectivity index is 2.39. The van der Waals surface area contributed by atoms with Crippen molar-refractivity contribution in [2.75, 3.05) is 6.61 Å². The highest BCUT2D eigenvalue weighted by Crippen LogP contribution is 2.16. The molecule has 1 aromatic rings. The molecule has 0 saturated carbocycles. The Bertz CT molecular complexity index is 465. The molecule has 0 atom stereocenters. The first-order valence-corrected chi connectivity index (χ1v) is 5.41. The smallest absolute Gasteiger partial charge is 0.345 e. The number of rotatable bonds is 3. The Morgan fingerprint density at radius 3 is 3.12 bits per heavy atom. The summed E-state index contributed by atoms with van der Waals surface area (Å²) >= 11 is 0. The van der Waals surface area contributed by atoms with Crippen LogP contribution in [0.5, 0.6) is 0 Å². The van der Waals surface area contributed by atoms with Crippen molar-refractivity contribution in [2.45, 2.75) is 32.8 Å². The zero-order valence-corrected chi connectivity index (χ0v) is 9.21. The van der Waals surface area contributed by atoms with Gasteiger partial charge in [0.05, 0.1) is 18.9 Å². The summed E-state index contributed by atoms with van der Waals surface area (Å²) < 4.78 is 5.32. The minimum Gasteiger partial charge on any atom is -0.376 e. The van der Waals surface area contributed by atoms with Crippen LogP contribution in [0, 0.1) is 0 Å². The van der Waals surface area contributed by atoms with Crippen LogP contribution in [0.2, 0.25) is 0 Å². The van der Waals surface area contributed by atoms with Gasteiger partial charge in [0.15, 0.2) is 0 Å². The molecule has 0 amide bonds. The first-order valence-electron chi connectivity index (χ1n) is 5.41. The van der Waals surface area contributed by atoms with E-state index in [0.29, 0.717) is 31.7 Å². The summed E-state index contributed by atoms with van der Waals surface area (Å²) in [6, 6.07) is 0. The topological polar surface area (TPSA) is 72.0 Å². The van der Waals surface area contributed by atoms with Crippen molar-refractivity contribution in [3.05, 3.63) is 27.4 Å². The zero-order valence-electron chi connectivity index (χ0n) is 9.21. The fraction of sp³-hybridized carbons (Fsp3) is 0.545. The summed E-state index contributed by atoms with van der Waals surface area (Å²) in [4.78, 5) is 29.3. The van der Waals surface area contributed by atoms with Gasteiger partial charge < -0.3 is 9.72 Å². The zero-order chi connectivity index (χ0) is 11.5. The number of ketones is 1. The highest BCUT2D eigenvalue weighted by atomic mass is 16.5. The number of aromatic nitrogens is 2. The Morgan fingerprint density at radius 1 is 1.56 bits per heavy atom. The van der Waals surface area contributed by atoms with Crippen LogP contribution in [0.3, 0.4) is 0 Å². The third-order valence-electron chi connectivity index (χ3n) is 2.71. The van der Waals surface area contributed by atoms with Crippen molar-refractivity contribution in [3.8, 4) is 0 Å². The monoisotopic (exact) mass is 222 g/mol. The summed E-state index contributed by atoms with van der Waals surface area (Å²) in [7, 11) is 0. The highest BCUT2D eigenvalue weighted by molar-refractivity contribution is 5.80. The molecule has 16 heavy (non-hydrogen) atoms. The SMILES string of the molecule is CCC(=O)Cc1nc(=O)[nH]c2c1COCC2. The van der Waals surface area contributed by atoms with E-state index in [2.05, 4.69) is 9.97 Å². The molecule has 5 nitrogen and oxygen atoms in total. The van der Waals surface area contributed by atoms with Gasteiger partial charge in [0.2, 0.25) is 0 Å². The Morgan fingerprint density at radius 2 is 2.38 bits per heavy atom. The van der Waals surface area contributed by atoms with Crippen LogP contribution in [-0.4, -0.2) is 22.4 Å². The molecule has 0 saturated heterocycles. The molecule has 5 heteroatoms. The summed E-state index contributed by atoms with van der Waals surface area (Å²) in [6.07, 6.45) is 1.37. The summed E-state index contributed by atoms with van der Waals surface area (Å²) in [5, 5.41) is 0. The van der Waals surface area contributed by atoms with Gasteiger partial charge >= 0.3 is 5.69 Å². The number of hydrogen-bond donors (Lipinski definition) is 1. The first-order chi connectivity index (χ1) is 7.70. The van der Waals surface area contributed by atoms with Crippen LogP contribution in [0.25, 0.3) is 0 Å². The van der Waals surface area contributed by atoms with Crippen molar-refractivity contribution >= 4 is 5.78 Å². The molecule has 1 aliphatic heterocycles. The summed E-state index contributed by atoms with van der Waals surface area (Å²) in [6.45, 7) is 2.85. The lowest BCUT2D eigenvalue weighted by Gasteiger charge is -2.17. The number of fused-ring (bicyclic) bond motifs is 1. The largest absolute Gasteiger partial charge is 0.376 e. The van der Waals surface area contributed by atoms with Gasteiger partial charge in [-0.3, -0.25) is 4.79 Å². The first kappa shape index (κ1) is 11.0. The number of hydrogen-bond acceptors (Lipinski definition) is 4. The van der Waals surface area contributed by atoms with E-state index in [1.54, 1.807) is 6.92 Å². The Hall–Kier alpha value is -1.49. The summed E-state index contributed by atoms with van der Waals surface area (Å²) in [5.74, 6) is 0.0888. The van der Waals surface area contributed by atoms with E-state index in [1.165, 1.54) is 0 Å². The Labute approximate surface area is 92.9 Å². The van der Waals surface area contributed by atoms with E-state index in [9.17, 15) is 9.59 Å². The molecule has 86 valence electrons.